The van der Waals surface area contributed by atoms with E-state index < -0.39 is 6.10 Å². The fraction of sp³-hybridized carbons (Fsp3) is 0.310. The molecular formula is C29H31ClN4O4S. The molecule has 0 bridgehead atoms. The zero-order chi connectivity index (χ0) is 27.2. The van der Waals surface area contributed by atoms with Crippen molar-refractivity contribution in [3.05, 3.63) is 76.8 Å². The highest BCUT2D eigenvalue weighted by Crippen LogP contribution is 2.26. The number of anilines is 1. The number of fused-ring (bicyclic) bond motifs is 1. The second kappa shape index (κ2) is 12.8. The molecule has 2 N–H and O–H groups in total. The van der Waals surface area contributed by atoms with Crippen LogP contribution in [0, 0.1) is 6.92 Å². The smallest absolute Gasteiger partial charge is 0.238 e. The summed E-state index contributed by atoms with van der Waals surface area (Å²) in [4.78, 5) is 21.4. The van der Waals surface area contributed by atoms with Crippen molar-refractivity contribution in [2.75, 3.05) is 51.2 Å². The topological polar surface area (TPSA) is 87.2 Å². The third-order valence-corrected chi connectivity index (χ3v) is 7.60. The fourth-order valence-electron chi connectivity index (χ4n) is 4.43. The van der Waals surface area contributed by atoms with Crippen LogP contribution in [0.2, 0.25) is 5.02 Å². The molecule has 0 aliphatic carbocycles. The molecule has 4 aromatic rings. The summed E-state index contributed by atoms with van der Waals surface area (Å²) in [6.07, 6.45) is -0.598. The van der Waals surface area contributed by atoms with Crippen molar-refractivity contribution in [1.82, 2.24) is 14.8 Å². The van der Waals surface area contributed by atoms with E-state index in [9.17, 15) is 9.90 Å². The highest BCUT2D eigenvalue weighted by atomic mass is 35.5. The zero-order valence-electron chi connectivity index (χ0n) is 21.7. The Kier molecular flexibility index (Phi) is 8.95. The predicted octanol–water partition coefficient (Wildman–Crippen LogP) is 5.05. The van der Waals surface area contributed by atoms with E-state index in [2.05, 4.69) is 20.1 Å². The molecule has 10 heteroatoms. The van der Waals surface area contributed by atoms with Crippen LogP contribution in [0.1, 0.15) is 5.01 Å². The maximum atomic E-state index is 12.6. The number of rotatable bonds is 10. The minimum Gasteiger partial charge on any atom is -0.491 e. The first-order chi connectivity index (χ1) is 18.9. The van der Waals surface area contributed by atoms with Crippen LogP contribution in [0.25, 0.3) is 10.2 Å². The van der Waals surface area contributed by atoms with Gasteiger partial charge in [0.15, 0.2) is 0 Å². The second-order valence-electron chi connectivity index (χ2n) is 9.53. The number of piperazine rings is 1. The van der Waals surface area contributed by atoms with Gasteiger partial charge in [-0.25, -0.2) is 4.98 Å². The highest BCUT2D eigenvalue weighted by Gasteiger charge is 2.21. The van der Waals surface area contributed by atoms with Crippen molar-refractivity contribution < 1.29 is 19.4 Å². The number of aromatic nitrogens is 1. The summed E-state index contributed by atoms with van der Waals surface area (Å²) in [7, 11) is 0. The molecular weight excluding hydrogens is 536 g/mol. The molecule has 0 saturated carbocycles. The summed E-state index contributed by atoms with van der Waals surface area (Å²) in [5.74, 6) is 2.02. The Morgan fingerprint density at radius 1 is 1.00 bits per heavy atom. The van der Waals surface area contributed by atoms with Crippen molar-refractivity contribution in [2.24, 2.45) is 0 Å². The fourth-order valence-corrected chi connectivity index (χ4v) is 5.37. The maximum Gasteiger partial charge on any atom is 0.238 e. The molecule has 2 heterocycles. The number of aliphatic hydroxyl groups is 1. The Hall–Kier alpha value is -3.21. The largest absolute Gasteiger partial charge is 0.491 e. The third-order valence-electron chi connectivity index (χ3n) is 6.40. The molecule has 3 aromatic carbocycles. The number of aliphatic hydroxyl groups excluding tert-OH is 1. The van der Waals surface area contributed by atoms with E-state index in [0.717, 1.165) is 41.4 Å². The molecule has 39 heavy (non-hydrogen) atoms. The van der Waals surface area contributed by atoms with Gasteiger partial charge in [-0.2, -0.15) is 0 Å². The average Bonchev–Trinajstić information content (AvgIpc) is 3.30. The number of β-amino-alcohol motifs (C(OH)–C–C–N with tert-alkyl or cyclic N) is 1. The van der Waals surface area contributed by atoms with Gasteiger partial charge in [0.2, 0.25) is 5.91 Å². The van der Waals surface area contributed by atoms with Gasteiger partial charge < -0.3 is 19.9 Å². The van der Waals surface area contributed by atoms with Crippen LogP contribution in [0.3, 0.4) is 0 Å². The number of halogens is 1. The van der Waals surface area contributed by atoms with Crippen molar-refractivity contribution in [1.29, 1.82) is 0 Å². The molecule has 1 fully saturated rings. The number of hydrogen-bond acceptors (Lipinski definition) is 8. The van der Waals surface area contributed by atoms with Crippen molar-refractivity contribution in [3.8, 4) is 17.2 Å². The molecule has 204 valence electrons. The van der Waals surface area contributed by atoms with E-state index in [-0.39, 0.29) is 12.5 Å². The lowest BCUT2D eigenvalue weighted by molar-refractivity contribution is -0.117. The Balaban J connectivity index is 0.999. The molecule has 5 rings (SSSR count). The maximum absolute atomic E-state index is 12.6. The lowest BCUT2D eigenvalue weighted by atomic mass is 10.2. The lowest BCUT2D eigenvalue weighted by Crippen LogP contribution is -2.50. The summed E-state index contributed by atoms with van der Waals surface area (Å²) in [5, 5.41) is 15.1. The molecule has 1 saturated heterocycles. The Morgan fingerprint density at radius 3 is 2.36 bits per heavy atom. The SMILES string of the molecule is Cc1nc2cc(OC[C@H](O)CN3CCN(CC(=O)Nc4ccc(Oc5ccc(Cl)cc5)cc4)CC3)ccc2s1. The first-order valence-corrected chi connectivity index (χ1v) is 14.1. The number of aryl methyl sites for hydroxylation is 1. The van der Waals surface area contributed by atoms with Crippen LogP contribution in [-0.2, 0) is 4.79 Å². The van der Waals surface area contributed by atoms with Crippen molar-refractivity contribution in [2.45, 2.75) is 13.0 Å². The Morgan fingerprint density at radius 2 is 1.64 bits per heavy atom. The number of nitrogens with zero attached hydrogens (tertiary/aromatic N) is 3. The van der Waals surface area contributed by atoms with Crippen LogP contribution in [-0.4, -0.2) is 77.8 Å². The quantitative estimate of drug-likeness (QED) is 0.278. The molecule has 0 radical (unpaired) electrons. The van der Waals surface area contributed by atoms with Gasteiger partial charge in [-0.3, -0.25) is 14.6 Å². The predicted molar refractivity (Wildman–Crippen MR) is 155 cm³/mol. The van der Waals surface area contributed by atoms with Gasteiger partial charge in [0, 0.05) is 49.5 Å². The van der Waals surface area contributed by atoms with Gasteiger partial charge in [-0.05, 0) is 67.6 Å². The monoisotopic (exact) mass is 566 g/mol. The Bertz CT molecular complexity index is 1390. The summed E-state index contributed by atoms with van der Waals surface area (Å²) in [6.45, 7) is 6.14. The van der Waals surface area contributed by atoms with Crippen LogP contribution >= 0.6 is 22.9 Å². The van der Waals surface area contributed by atoms with Crippen molar-refractivity contribution in [3.63, 3.8) is 0 Å². The van der Waals surface area contributed by atoms with Gasteiger partial charge in [0.25, 0.3) is 0 Å². The van der Waals surface area contributed by atoms with Crippen LogP contribution in [0.4, 0.5) is 5.69 Å². The van der Waals surface area contributed by atoms with E-state index in [4.69, 9.17) is 21.1 Å². The average molecular weight is 567 g/mol. The Labute approximate surface area is 236 Å². The molecule has 0 spiro atoms. The van der Waals surface area contributed by atoms with E-state index in [1.807, 2.05) is 49.4 Å². The number of thiazole rings is 1. The van der Waals surface area contributed by atoms with E-state index in [1.165, 1.54) is 0 Å². The standard InChI is InChI=1S/C29H31ClN4O4S/c1-20-31-27-16-26(10-11-28(27)39-20)37-19-23(35)17-33-12-14-34(15-13-33)18-29(36)32-22-4-8-25(9-5-22)38-24-6-2-21(30)3-7-24/h2-11,16,23,35H,12-15,17-19H2,1H3,(H,32,36)/t23-/m1/s1. The third kappa shape index (κ3) is 7.90. The summed E-state index contributed by atoms with van der Waals surface area (Å²) in [6, 6.07) is 20.3. The number of nitrogens with one attached hydrogen (secondary N) is 1. The van der Waals surface area contributed by atoms with Gasteiger partial charge in [0.05, 0.1) is 21.8 Å². The molecule has 8 nitrogen and oxygen atoms in total. The number of ether oxygens (including phenoxy) is 2. The van der Waals surface area contributed by atoms with Crippen molar-refractivity contribution >= 4 is 44.7 Å². The minimum absolute atomic E-state index is 0.0597. The van der Waals surface area contributed by atoms with E-state index >= 15 is 0 Å². The second-order valence-corrected chi connectivity index (χ2v) is 11.2. The highest BCUT2D eigenvalue weighted by molar-refractivity contribution is 7.18. The normalized spacial score (nSPS) is 15.3. The van der Waals surface area contributed by atoms with Crippen LogP contribution in [0.15, 0.2) is 66.7 Å². The number of benzene rings is 3. The molecule has 1 amide bonds. The van der Waals surface area contributed by atoms with E-state index in [1.54, 1.807) is 35.6 Å². The molecule has 1 aliphatic heterocycles. The first kappa shape index (κ1) is 27.4. The summed E-state index contributed by atoms with van der Waals surface area (Å²) >= 11 is 7.56. The first-order valence-electron chi connectivity index (χ1n) is 12.9. The number of carbonyl (C=O) groups is 1. The molecule has 1 aliphatic rings. The number of hydrogen-bond donors (Lipinski definition) is 2. The molecule has 1 atom stereocenters. The summed E-state index contributed by atoms with van der Waals surface area (Å²) in [5.41, 5.74) is 1.64. The van der Waals surface area contributed by atoms with Crippen LogP contribution < -0.4 is 14.8 Å². The van der Waals surface area contributed by atoms with Gasteiger partial charge >= 0.3 is 0 Å². The van der Waals surface area contributed by atoms with E-state index in [0.29, 0.717) is 41.0 Å². The summed E-state index contributed by atoms with van der Waals surface area (Å²) < 4.78 is 12.7. The lowest BCUT2D eigenvalue weighted by Gasteiger charge is -2.35. The van der Waals surface area contributed by atoms with Gasteiger partial charge in [-0.1, -0.05) is 11.6 Å². The van der Waals surface area contributed by atoms with Crippen LogP contribution in [0.5, 0.6) is 17.2 Å². The zero-order valence-corrected chi connectivity index (χ0v) is 23.3. The number of amides is 1. The number of carbonyl (C=O) groups excluding carboxylic acids is 1. The molecule has 1 aromatic heterocycles. The molecule has 0 unspecified atom stereocenters. The van der Waals surface area contributed by atoms with Gasteiger partial charge in [-0.15, -0.1) is 11.3 Å². The van der Waals surface area contributed by atoms with Gasteiger partial charge in [0.1, 0.15) is 30.0 Å². The minimum atomic E-state index is -0.598.